The van der Waals surface area contributed by atoms with Gasteiger partial charge in [0.25, 0.3) is 0 Å². The van der Waals surface area contributed by atoms with Crippen molar-refractivity contribution in [2.24, 2.45) is 11.8 Å². The molecule has 2 saturated heterocycles. The van der Waals surface area contributed by atoms with Crippen molar-refractivity contribution in [3.8, 4) is 0 Å². The minimum Gasteiger partial charge on any atom is -0.464 e. The maximum atomic E-state index is 13.3. The molecule has 286 valence electrons. The summed E-state index contributed by atoms with van der Waals surface area (Å²) in [5, 5.41) is 8.49. The second-order valence-electron chi connectivity index (χ2n) is 14.6. The zero-order valence-electron chi connectivity index (χ0n) is 30.6. The number of carbonyl (C=O) groups excluding carboxylic acids is 4. The summed E-state index contributed by atoms with van der Waals surface area (Å²) in [6.07, 6.45) is 7.32. The first-order valence-electron chi connectivity index (χ1n) is 18.9. The van der Waals surface area contributed by atoms with E-state index in [4.69, 9.17) is 23.7 Å². The van der Waals surface area contributed by atoms with Crippen LogP contribution in [-0.2, 0) is 39.7 Å². The summed E-state index contributed by atoms with van der Waals surface area (Å²) in [4.78, 5) is 50.9. The first-order valence-corrected chi connectivity index (χ1v) is 18.9. The topological polar surface area (TPSA) is 151 Å². The van der Waals surface area contributed by atoms with Crippen molar-refractivity contribution in [3.05, 3.63) is 35.6 Å². The summed E-state index contributed by atoms with van der Waals surface area (Å²) >= 11 is 0. The largest absolute Gasteiger partial charge is 0.464 e. The van der Waals surface area contributed by atoms with Crippen molar-refractivity contribution in [2.45, 2.75) is 141 Å². The highest BCUT2D eigenvalue weighted by molar-refractivity contribution is 5.84. The van der Waals surface area contributed by atoms with Gasteiger partial charge in [0, 0.05) is 38.8 Å². The highest BCUT2D eigenvalue weighted by Gasteiger charge is 2.47. The molecule has 4 rings (SSSR count). The predicted octanol–water partition coefficient (Wildman–Crippen LogP) is 6.09. The molecule has 1 aliphatic carbocycles. The maximum Gasteiger partial charge on any atom is 0.407 e. The zero-order chi connectivity index (χ0) is 36.6. The van der Waals surface area contributed by atoms with Gasteiger partial charge in [-0.2, -0.15) is 0 Å². The summed E-state index contributed by atoms with van der Waals surface area (Å²) in [5.74, 6) is -1.52. The second-order valence-corrected chi connectivity index (χ2v) is 14.6. The minimum atomic E-state index is -1.09. The molecule has 5 atom stereocenters. The molecule has 1 aromatic carbocycles. The van der Waals surface area contributed by atoms with Crippen LogP contribution in [0, 0.1) is 17.7 Å². The van der Waals surface area contributed by atoms with Gasteiger partial charge in [-0.05, 0) is 81.4 Å². The van der Waals surface area contributed by atoms with Crippen LogP contribution in [0.15, 0.2) is 24.3 Å². The Morgan fingerprint density at radius 1 is 0.941 bits per heavy atom. The highest BCUT2D eigenvalue weighted by Crippen LogP contribution is 2.41. The number of hydrogen-bond acceptors (Lipinski definition) is 9. The van der Waals surface area contributed by atoms with Crippen LogP contribution in [0.3, 0.4) is 0 Å². The Kier molecular flexibility index (Phi) is 16.3. The Balaban J connectivity index is 1.34. The SMILES string of the molecule is CCOC(=O)[C@H](CC(C)C)NC(=O)CCC1CC(OC(=O)NCCc2ccc(F)cc2)CC2(CCCC(COC(=O)NCC3CCCCC3)O2)O1. The third kappa shape index (κ3) is 14.2. The number of esters is 1. The molecule has 51 heavy (non-hydrogen) atoms. The van der Waals surface area contributed by atoms with Crippen LogP contribution in [0.25, 0.3) is 0 Å². The van der Waals surface area contributed by atoms with Gasteiger partial charge < -0.3 is 39.6 Å². The Labute approximate surface area is 301 Å². The third-order valence-corrected chi connectivity index (χ3v) is 9.75. The summed E-state index contributed by atoms with van der Waals surface area (Å²) in [5.41, 5.74) is 0.880. The molecule has 3 aliphatic rings. The maximum absolute atomic E-state index is 13.3. The van der Waals surface area contributed by atoms with Crippen LogP contribution >= 0.6 is 0 Å². The smallest absolute Gasteiger partial charge is 0.407 e. The monoisotopic (exact) mass is 719 g/mol. The van der Waals surface area contributed by atoms with Gasteiger partial charge in [0.2, 0.25) is 5.91 Å². The number of alkyl carbamates (subject to hydrolysis) is 2. The van der Waals surface area contributed by atoms with Crippen molar-refractivity contribution in [1.29, 1.82) is 0 Å². The first kappa shape index (κ1) is 40.3. The lowest BCUT2D eigenvalue weighted by atomic mass is 9.89. The van der Waals surface area contributed by atoms with E-state index in [1.165, 1.54) is 31.4 Å². The quantitative estimate of drug-likeness (QED) is 0.136. The molecule has 3 N–H and O–H groups in total. The van der Waals surface area contributed by atoms with Gasteiger partial charge in [0.1, 0.15) is 24.6 Å². The number of rotatable bonds is 16. The van der Waals surface area contributed by atoms with Crippen molar-refractivity contribution in [1.82, 2.24) is 16.0 Å². The Morgan fingerprint density at radius 3 is 2.41 bits per heavy atom. The lowest BCUT2D eigenvalue weighted by Gasteiger charge is -2.47. The zero-order valence-corrected chi connectivity index (χ0v) is 30.6. The minimum absolute atomic E-state index is 0.0647. The number of amides is 3. The molecule has 13 heteroatoms. The second kappa shape index (κ2) is 20.6. The van der Waals surface area contributed by atoms with E-state index in [1.807, 2.05) is 13.8 Å². The molecule has 12 nitrogen and oxygen atoms in total. The summed E-state index contributed by atoms with van der Waals surface area (Å²) < 4.78 is 42.9. The average molecular weight is 720 g/mol. The number of carbonyl (C=O) groups is 4. The molecule has 1 saturated carbocycles. The normalized spacial score (nSPS) is 24.4. The summed E-state index contributed by atoms with van der Waals surface area (Å²) in [7, 11) is 0. The Bertz CT molecular complexity index is 1260. The fourth-order valence-corrected chi connectivity index (χ4v) is 7.24. The summed E-state index contributed by atoms with van der Waals surface area (Å²) in [6, 6.07) is 5.36. The summed E-state index contributed by atoms with van der Waals surface area (Å²) in [6.45, 7) is 6.87. The number of ether oxygens (including phenoxy) is 5. The van der Waals surface area contributed by atoms with Crippen LogP contribution in [0.5, 0.6) is 0 Å². The van der Waals surface area contributed by atoms with Gasteiger partial charge in [0.15, 0.2) is 5.79 Å². The van der Waals surface area contributed by atoms with Crippen LogP contribution in [0.1, 0.15) is 110 Å². The molecular formula is C38H58FN3O9. The molecule has 1 spiro atoms. The van der Waals surface area contributed by atoms with E-state index < -0.39 is 48.3 Å². The van der Waals surface area contributed by atoms with E-state index in [2.05, 4.69) is 16.0 Å². The number of nitrogens with one attached hydrogen (secondary N) is 3. The van der Waals surface area contributed by atoms with Gasteiger partial charge in [0.05, 0.1) is 18.8 Å². The molecule has 3 amide bonds. The van der Waals surface area contributed by atoms with Gasteiger partial charge >= 0.3 is 18.2 Å². The van der Waals surface area contributed by atoms with Crippen molar-refractivity contribution >= 4 is 24.1 Å². The standard InChI is InChI=1S/C38H58FN3O9/c1-4-47-35(44)33(21-26(2)3)42-34(43)17-16-30-22-32(49-37(46)40-20-18-27-12-14-29(39)15-13-27)23-38(50-30)19-8-11-31(51-38)25-48-36(45)41-24-28-9-6-5-7-10-28/h12-15,26,28,30-33H,4-11,16-25H2,1-3H3,(H,40,46)(H,41,45)(H,42,43)/t30?,31?,32?,33-,38?/m0/s1. The van der Waals surface area contributed by atoms with Gasteiger partial charge in [-0.3, -0.25) is 4.79 Å². The lowest BCUT2D eigenvalue weighted by molar-refractivity contribution is -0.329. The Morgan fingerprint density at radius 2 is 1.69 bits per heavy atom. The molecule has 0 bridgehead atoms. The fraction of sp³-hybridized carbons (Fsp3) is 0.737. The molecule has 2 aliphatic heterocycles. The van der Waals surface area contributed by atoms with E-state index in [-0.39, 0.29) is 43.7 Å². The molecule has 4 unspecified atom stereocenters. The van der Waals surface area contributed by atoms with Gasteiger partial charge in [-0.15, -0.1) is 0 Å². The molecule has 2 heterocycles. The van der Waals surface area contributed by atoms with E-state index in [0.717, 1.165) is 24.8 Å². The first-order chi connectivity index (χ1) is 24.5. The third-order valence-electron chi connectivity index (χ3n) is 9.75. The van der Waals surface area contributed by atoms with Crippen LogP contribution in [0.4, 0.5) is 14.0 Å². The van der Waals surface area contributed by atoms with E-state index in [1.54, 1.807) is 19.1 Å². The van der Waals surface area contributed by atoms with Crippen molar-refractivity contribution in [3.63, 3.8) is 0 Å². The van der Waals surface area contributed by atoms with Crippen molar-refractivity contribution < 1.29 is 47.3 Å². The number of benzene rings is 1. The molecule has 3 fully saturated rings. The van der Waals surface area contributed by atoms with Gasteiger partial charge in [-0.1, -0.05) is 45.2 Å². The van der Waals surface area contributed by atoms with Crippen LogP contribution in [-0.4, -0.2) is 80.5 Å². The van der Waals surface area contributed by atoms with Crippen molar-refractivity contribution in [2.75, 3.05) is 26.3 Å². The molecule has 0 radical (unpaired) electrons. The molecule has 1 aromatic rings. The van der Waals surface area contributed by atoms with E-state index in [0.29, 0.717) is 57.5 Å². The molecule has 0 aromatic heterocycles. The predicted molar refractivity (Wildman–Crippen MR) is 187 cm³/mol. The fourth-order valence-electron chi connectivity index (χ4n) is 7.24. The lowest BCUT2D eigenvalue weighted by Crippen LogP contribution is -2.54. The Hall–Kier alpha value is -3.45. The molecular weight excluding hydrogens is 661 g/mol. The van der Waals surface area contributed by atoms with E-state index in [9.17, 15) is 23.6 Å². The van der Waals surface area contributed by atoms with E-state index >= 15 is 0 Å². The number of hydrogen-bond donors (Lipinski definition) is 3. The average Bonchev–Trinajstić information content (AvgIpc) is 3.10. The number of halogens is 1. The van der Waals surface area contributed by atoms with Gasteiger partial charge in [-0.25, -0.2) is 18.8 Å². The van der Waals surface area contributed by atoms with Crippen LogP contribution < -0.4 is 16.0 Å². The highest BCUT2D eigenvalue weighted by atomic mass is 19.1. The van der Waals surface area contributed by atoms with Crippen LogP contribution in [0.2, 0.25) is 0 Å².